The van der Waals surface area contributed by atoms with Crippen LogP contribution in [0.15, 0.2) is 0 Å². The van der Waals surface area contributed by atoms with Gasteiger partial charge in [-0.15, -0.1) is 0 Å². The van der Waals surface area contributed by atoms with Crippen molar-refractivity contribution in [2.24, 2.45) is 11.1 Å². The van der Waals surface area contributed by atoms with Crippen LogP contribution in [0.3, 0.4) is 0 Å². The summed E-state index contributed by atoms with van der Waals surface area (Å²) < 4.78 is 0. The molecule has 0 bridgehead atoms. The summed E-state index contributed by atoms with van der Waals surface area (Å²) in [4.78, 5) is 33.6. The molecule has 1 aliphatic carbocycles. The molecule has 5 N–H and O–H groups in total. The minimum absolute atomic E-state index is 0.177. The summed E-state index contributed by atoms with van der Waals surface area (Å²) in [5, 5.41) is 14.2. The first-order chi connectivity index (χ1) is 8.40. The summed E-state index contributed by atoms with van der Waals surface area (Å²) in [6, 6.07) is -0.391. The van der Waals surface area contributed by atoms with Gasteiger partial charge in [0.05, 0.1) is 18.5 Å². The highest BCUT2D eigenvalue weighted by molar-refractivity contribution is 5.86. The van der Waals surface area contributed by atoms with Crippen LogP contribution >= 0.6 is 0 Å². The maximum Gasteiger partial charge on any atom is 0.311 e. The average molecular weight is 257 g/mol. The smallest absolute Gasteiger partial charge is 0.311 e. The molecule has 0 heterocycles. The Labute approximate surface area is 105 Å². The number of hydrogen-bond donors (Lipinski definition) is 4. The summed E-state index contributed by atoms with van der Waals surface area (Å²) in [5.41, 5.74) is 4.16. The van der Waals surface area contributed by atoms with E-state index in [1.165, 1.54) is 0 Å². The van der Waals surface area contributed by atoms with E-state index in [4.69, 9.17) is 5.73 Å². The Morgan fingerprint density at radius 1 is 1.39 bits per heavy atom. The van der Waals surface area contributed by atoms with Gasteiger partial charge in [0.15, 0.2) is 0 Å². The van der Waals surface area contributed by atoms with Crippen molar-refractivity contribution in [1.82, 2.24) is 10.6 Å². The van der Waals surface area contributed by atoms with E-state index in [-0.39, 0.29) is 13.1 Å². The van der Waals surface area contributed by atoms with Gasteiger partial charge < -0.3 is 21.5 Å². The number of nitrogens with one attached hydrogen (secondary N) is 2. The van der Waals surface area contributed by atoms with Gasteiger partial charge in [0.25, 0.3) is 0 Å². The van der Waals surface area contributed by atoms with Crippen LogP contribution in [0.25, 0.3) is 0 Å². The van der Waals surface area contributed by atoms with Crippen LogP contribution in [0.2, 0.25) is 0 Å². The van der Waals surface area contributed by atoms with E-state index in [1.54, 1.807) is 6.92 Å². The van der Waals surface area contributed by atoms with Gasteiger partial charge in [0.1, 0.15) is 0 Å². The van der Waals surface area contributed by atoms with E-state index < -0.39 is 29.2 Å². The normalized spacial score (nSPS) is 26.7. The molecular weight excluding hydrogens is 238 g/mol. The minimum atomic E-state index is -0.923. The van der Waals surface area contributed by atoms with Crippen molar-refractivity contribution in [3.8, 4) is 0 Å². The number of aliphatic carboxylic acids is 1. The molecule has 7 heteroatoms. The van der Waals surface area contributed by atoms with E-state index in [0.717, 1.165) is 6.42 Å². The van der Waals surface area contributed by atoms with Gasteiger partial charge in [-0.1, -0.05) is 6.42 Å². The maximum absolute atomic E-state index is 11.6. The summed E-state index contributed by atoms with van der Waals surface area (Å²) in [6.45, 7) is 1.28. The molecule has 102 valence electrons. The van der Waals surface area contributed by atoms with Crippen LogP contribution in [-0.4, -0.2) is 42.0 Å². The Kier molecular flexibility index (Phi) is 4.66. The molecule has 1 aliphatic rings. The zero-order chi connectivity index (χ0) is 13.8. The first-order valence-electron chi connectivity index (χ1n) is 5.89. The van der Waals surface area contributed by atoms with Crippen LogP contribution in [0.1, 0.15) is 26.2 Å². The van der Waals surface area contributed by atoms with Crippen molar-refractivity contribution >= 4 is 17.8 Å². The number of carboxylic acids is 1. The molecule has 18 heavy (non-hydrogen) atoms. The zero-order valence-electron chi connectivity index (χ0n) is 10.4. The van der Waals surface area contributed by atoms with E-state index in [0.29, 0.717) is 12.8 Å². The molecular formula is C11H19N3O4. The summed E-state index contributed by atoms with van der Waals surface area (Å²) >= 11 is 0. The molecule has 0 aromatic carbocycles. The lowest BCUT2D eigenvalue weighted by Crippen LogP contribution is -2.50. The molecule has 0 saturated heterocycles. The standard InChI is InChI=1S/C11H19N3O4/c1-11(10(17)18)4-2-3-7(11)14-9(16)6-13-8(15)5-12/h7H,2-6,12H2,1H3,(H,13,15)(H,14,16)(H,17,18). The number of amides is 2. The van der Waals surface area contributed by atoms with Gasteiger partial charge in [0.2, 0.25) is 11.8 Å². The second kappa shape index (κ2) is 5.81. The molecule has 2 amide bonds. The predicted molar refractivity (Wildman–Crippen MR) is 63.6 cm³/mol. The highest BCUT2D eigenvalue weighted by Gasteiger charge is 2.45. The number of carboxylic acid groups (broad SMARTS) is 1. The molecule has 2 atom stereocenters. The molecule has 0 radical (unpaired) electrons. The monoisotopic (exact) mass is 257 g/mol. The van der Waals surface area contributed by atoms with Crippen molar-refractivity contribution in [2.75, 3.05) is 13.1 Å². The SMILES string of the molecule is CC1(C(=O)O)CCCC1NC(=O)CNC(=O)CN. The lowest BCUT2D eigenvalue weighted by Gasteiger charge is -2.27. The lowest BCUT2D eigenvalue weighted by atomic mass is 9.85. The van der Waals surface area contributed by atoms with E-state index in [1.807, 2.05) is 0 Å². The van der Waals surface area contributed by atoms with Crippen molar-refractivity contribution in [3.05, 3.63) is 0 Å². The van der Waals surface area contributed by atoms with Crippen molar-refractivity contribution in [3.63, 3.8) is 0 Å². The van der Waals surface area contributed by atoms with Crippen molar-refractivity contribution < 1.29 is 19.5 Å². The summed E-state index contributed by atoms with van der Waals surface area (Å²) in [7, 11) is 0. The topological polar surface area (TPSA) is 122 Å². The number of rotatable bonds is 5. The van der Waals surface area contributed by atoms with Gasteiger partial charge in [-0.05, 0) is 19.8 Å². The number of nitrogens with two attached hydrogens (primary N) is 1. The van der Waals surface area contributed by atoms with Crippen LogP contribution in [-0.2, 0) is 14.4 Å². The van der Waals surface area contributed by atoms with E-state index in [9.17, 15) is 19.5 Å². The molecule has 1 fully saturated rings. The predicted octanol–water partition coefficient (Wildman–Crippen LogP) is -1.18. The number of carbonyl (C=O) groups excluding carboxylic acids is 2. The highest BCUT2D eigenvalue weighted by Crippen LogP contribution is 2.38. The number of hydrogen-bond acceptors (Lipinski definition) is 4. The molecule has 0 spiro atoms. The Morgan fingerprint density at radius 3 is 2.61 bits per heavy atom. The average Bonchev–Trinajstić information content (AvgIpc) is 2.69. The van der Waals surface area contributed by atoms with Gasteiger partial charge in [-0.25, -0.2) is 0 Å². The highest BCUT2D eigenvalue weighted by atomic mass is 16.4. The first kappa shape index (κ1) is 14.4. The Morgan fingerprint density at radius 2 is 2.06 bits per heavy atom. The largest absolute Gasteiger partial charge is 0.481 e. The van der Waals surface area contributed by atoms with Crippen molar-refractivity contribution in [2.45, 2.75) is 32.2 Å². The van der Waals surface area contributed by atoms with E-state index in [2.05, 4.69) is 10.6 Å². The van der Waals surface area contributed by atoms with Crippen molar-refractivity contribution in [1.29, 1.82) is 0 Å². The first-order valence-corrected chi connectivity index (χ1v) is 5.89. The van der Waals surface area contributed by atoms with Gasteiger partial charge >= 0.3 is 5.97 Å². The molecule has 1 saturated carbocycles. The van der Waals surface area contributed by atoms with Crippen LogP contribution in [0.5, 0.6) is 0 Å². The number of carbonyl (C=O) groups is 3. The zero-order valence-corrected chi connectivity index (χ0v) is 10.4. The molecule has 1 rings (SSSR count). The third kappa shape index (κ3) is 3.19. The molecule has 0 aromatic heterocycles. The molecule has 7 nitrogen and oxygen atoms in total. The summed E-state index contributed by atoms with van der Waals surface area (Å²) in [6.07, 6.45) is 1.95. The second-order valence-corrected chi connectivity index (χ2v) is 4.72. The Balaban J connectivity index is 2.49. The fourth-order valence-corrected chi connectivity index (χ4v) is 2.15. The molecule has 0 aromatic rings. The van der Waals surface area contributed by atoms with Crippen LogP contribution in [0, 0.1) is 5.41 Å². The Hall–Kier alpha value is -1.63. The van der Waals surface area contributed by atoms with Gasteiger partial charge in [-0.2, -0.15) is 0 Å². The minimum Gasteiger partial charge on any atom is -0.481 e. The molecule has 0 aliphatic heterocycles. The van der Waals surface area contributed by atoms with Crippen LogP contribution < -0.4 is 16.4 Å². The quantitative estimate of drug-likeness (QED) is 0.494. The lowest BCUT2D eigenvalue weighted by molar-refractivity contribution is -0.149. The summed E-state index contributed by atoms with van der Waals surface area (Å²) in [5.74, 6) is -1.72. The molecule has 2 unspecified atom stereocenters. The third-order valence-electron chi connectivity index (χ3n) is 3.41. The Bertz CT molecular complexity index is 358. The van der Waals surface area contributed by atoms with Crippen LogP contribution in [0.4, 0.5) is 0 Å². The maximum atomic E-state index is 11.6. The van der Waals surface area contributed by atoms with E-state index >= 15 is 0 Å². The van der Waals surface area contributed by atoms with Gasteiger partial charge in [0, 0.05) is 6.04 Å². The van der Waals surface area contributed by atoms with Gasteiger partial charge in [-0.3, -0.25) is 14.4 Å². The fourth-order valence-electron chi connectivity index (χ4n) is 2.15. The second-order valence-electron chi connectivity index (χ2n) is 4.72. The fraction of sp³-hybridized carbons (Fsp3) is 0.727. The third-order valence-corrected chi connectivity index (χ3v) is 3.41.